The van der Waals surface area contributed by atoms with E-state index in [1.54, 1.807) is 67.6 Å². The summed E-state index contributed by atoms with van der Waals surface area (Å²) in [4.78, 5) is 28.6. The van der Waals surface area contributed by atoms with Gasteiger partial charge in [0.25, 0.3) is 10.0 Å². The van der Waals surface area contributed by atoms with E-state index in [9.17, 15) is 18.0 Å². The van der Waals surface area contributed by atoms with Crippen molar-refractivity contribution in [3.8, 4) is 0 Å². The molecular weight excluding hydrogens is 557 g/mol. The van der Waals surface area contributed by atoms with Crippen molar-refractivity contribution in [3.63, 3.8) is 0 Å². The fourth-order valence-corrected chi connectivity index (χ4v) is 6.07. The maximum Gasteiger partial charge on any atom is 0.264 e. The van der Waals surface area contributed by atoms with E-state index in [2.05, 4.69) is 5.32 Å². The topological polar surface area (TPSA) is 86.8 Å². The molecule has 0 unspecified atom stereocenters. The van der Waals surface area contributed by atoms with Gasteiger partial charge in [0.05, 0.1) is 10.6 Å². The Morgan fingerprint density at radius 2 is 1.49 bits per heavy atom. The van der Waals surface area contributed by atoms with Crippen molar-refractivity contribution in [2.75, 3.05) is 10.8 Å². The van der Waals surface area contributed by atoms with Crippen LogP contribution in [0.5, 0.6) is 0 Å². The van der Waals surface area contributed by atoms with Gasteiger partial charge >= 0.3 is 0 Å². The number of carbonyl (C=O) groups excluding carboxylic acids is 2. The number of rotatable bonds is 11. The second-order valence-corrected chi connectivity index (χ2v) is 12.1. The average Bonchev–Trinajstić information content (AvgIpc) is 2.89. The lowest BCUT2D eigenvalue weighted by Gasteiger charge is -2.34. The van der Waals surface area contributed by atoms with Gasteiger partial charge in [-0.05, 0) is 63.6 Å². The molecule has 0 bridgehead atoms. The van der Waals surface area contributed by atoms with E-state index in [-0.39, 0.29) is 23.4 Å². The van der Waals surface area contributed by atoms with E-state index in [1.165, 1.54) is 17.0 Å². The molecule has 0 fully saturated rings. The molecule has 39 heavy (non-hydrogen) atoms. The molecule has 208 valence electrons. The highest BCUT2D eigenvalue weighted by molar-refractivity contribution is 7.92. The van der Waals surface area contributed by atoms with Crippen LogP contribution >= 0.6 is 23.2 Å². The Labute approximate surface area is 240 Å². The summed E-state index contributed by atoms with van der Waals surface area (Å²) in [6.45, 7) is 6.72. The molecule has 0 saturated heterocycles. The SMILES string of the molecule is CC[C@@H](C(=O)NC(C)C)N(Cc1c(Cl)cccc1Cl)C(=O)CN(c1ccc(C)cc1)S(=O)(=O)c1ccccc1. The number of hydrogen-bond acceptors (Lipinski definition) is 4. The van der Waals surface area contributed by atoms with Crippen molar-refractivity contribution in [2.45, 2.75) is 57.6 Å². The highest BCUT2D eigenvalue weighted by atomic mass is 35.5. The van der Waals surface area contributed by atoms with Crippen molar-refractivity contribution in [1.29, 1.82) is 0 Å². The molecule has 7 nitrogen and oxygen atoms in total. The van der Waals surface area contributed by atoms with Gasteiger partial charge in [0, 0.05) is 28.2 Å². The number of aryl methyl sites for hydroxylation is 1. The summed E-state index contributed by atoms with van der Waals surface area (Å²) >= 11 is 12.9. The van der Waals surface area contributed by atoms with Crippen molar-refractivity contribution >= 4 is 50.7 Å². The molecule has 3 aromatic carbocycles. The highest BCUT2D eigenvalue weighted by Gasteiger charge is 2.34. The molecule has 3 aromatic rings. The molecule has 0 aromatic heterocycles. The van der Waals surface area contributed by atoms with E-state index in [4.69, 9.17) is 23.2 Å². The Kier molecular flexibility index (Phi) is 10.4. The van der Waals surface area contributed by atoms with Gasteiger partial charge in [0.2, 0.25) is 11.8 Å². The van der Waals surface area contributed by atoms with Crippen LogP contribution in [0, 0.1) is 6.92 Å². The molecule has 0 aliphatic rings. The van der Waals surface area contributed by atoms with E-state index in [1.807, 2.05) is 20.8 Å². The van der Waals surface area contributed by atoms with Crippen LogP contribution in [0.2, 0.25) is 10.0 Å². The Bertz CT molecular complexity index is 1380. The summed E-state index contributed by atoms with van der Waals surface area (Å²) in [6, 6.07) is 18.7. The zero-order valence-electron chi connectivity index (χ0n) is 22.4. The molecule has 0 radical (unpaired) electrons. The third-order valence-corrected chi connectivity index (χ3v) is 8.64. The normalized spacial score (nSPS) is 12.2. The maximum atomic E-state index is 14.0. The van der Waals surface area contributed by atoms with E-state index in [0.717, 1.165) is 9.87 Å². The van der Waals surface area contributed by atoms with Gasteiger partial charge in [-0.2, -0.15) is 0 Å². The summed E-state index contributed by atoms with van der Waals surface area (Å²) in [6.07, 6.45) is 0.294. The molecule has 0 aliphatic carbocycles. The first kappa shape index (κ1) is 30.5. The molecule has 0 spiro atoms. The summed E-state index contributed by atoms with van der Waals surface area (Å²) in [7, 11) is -4.12. The predicted molar refractivity (Wildman–Crippen MR) is 157 cm³/mol. The number of carbonyl (C=O) groups is 2. The lowest BCUT2D eigenvalue weighted by atomic mass is 10.1. The van der Waals surface area contributed by atoms with Crippen molar-refractivity contribution < 1.29 is 18.0 Å². The molecular formula is C29H33Cl2N3O4S. The Balaban J connectivity index is 2.09. The number of amides is 2. The number of sulfonamides is 1. The quantitative estimate of drug-likeness (QED) is 0.305. The number of halogens is 2. The maximum absolute atomic E-state index is 14.0. The van der Waals surface area contributed by atoms with Crippen LogP contribution < -0.4 is 9.62 Å². The summed E-state index contributed by atoms with van der Waals surface area (Å²) in [5.74, 6) is -0.923. The van der Waals surface area contributed by atoms with Crippen LogP contribution in [0.3, 0.4) is 0 Å². The Hall–Kier alpha value is -3.07. The molecule has 1 atom stereocenters. The van der Waals surface area contributed by atoms with Gasteiger partial charge in [0.15, 0.2) is 0 Å². The minimum Gasteiger partial charge on any atom is -0.352 e. The van der Waals surface area contributed by atoms with Gasteiger partial charge in [-0.3, -0.25) is 13.9 Å². The Morgan fingerprint density at radius 3 is 2.03 bits per heavy atom. The standard InChI is InChI=1S/C29H33Cl2N3O4S/c1-5-27(29(36)32-20(2)3)33(18-24-25(30)12-9-13-26(24)31)28(35)19-34(22-16-14-21(4)15-17-22)39(37,38)23-10-7-6-8-11-23/h6-17,20,27H,5,18-19H2,1-4H3,(H,32,36)/t27-/m0/s1. The minimum atomic E-state index is -4.12. The average molecular weight is 591 g/mol. The number of benzene rings is 3. The molecule has 10 heteroatoms. The van der Waals surface area contributed by atoms with Gasteiger partial charge in [0.1, 0.15) is 12.6 Å². The summed E-state index contributed by atoms with van der Waals surface area (Å²) in [5, 5.41) is 3.54. The van der Waals surface area contributed by atoms with Gasteiger partial charge in [-0.25, -0.2) is 8.42 Å². The molecule has 0 saturated carbocycles. The van der Waals surface area contributed by atoms with Crippen LogP contribution in [-0.2, 0) is 26.2 Å². The van der Waals surface area contributed by atoms with E-state index >= 15 is 0 Å². The van der Waals surface area contributed by atoms with Crippen LogP contribution in [0.4, 0.5) is 5.69 Å². The third kappa shape index (κ3) is 7.53. The smallest absolute Gasteiger partial charge is 0.264 e. The lowest BCUT2D eigenvalue weighted by molar-refractivity contribution is -0.140. The first-order chi connectivity index (χ1) is 18.4. The highest BCUT2D eigenvalue weighted by Crippen LogP contribution is 2.29. The van der Waals surface area contributed by atoms with Crippen molar-refractivity contribution in [2.24, 2.45) is 0 Å². The lowest BCUT2D eigenvalue weighted by Crippen LogP contribution is -2.53. The molecule has 3 rings (SSSR count). The molecule has 0 aliphatic heterocycles. The van der Waals surface area contributed by atoms with Crippen LogP contribution in [-0.4, -0.2) is 43.8 Å². The third-order valence-electron chi connectivity index (χ3n) is 6.14. The first-order valence-corrected chi connectivity index (χ1v) is 14.8. The zero-order chi connectivity index (χ0) is 28.7. The number of nitrogens with zero attached hydrogens (tertiary/aromatic N) is 2. The zero-order valence-corrected chi connectivity index (χ0v) is 24.7. The second kappa shape index (κ2) is 13.3. The van der Waals surface area contributed by atoms with E-state index in [0.29, 0.717) is 27.7 Å². The number of nitrogens with one attached hydrogen (secondary N) is 1. The fraction of sp³-hybridized carbons (Fsp3) is 0.310. The second-order valence-electron chi connectivity index (χ2n) is 9.47. The van der Waals surface area contributed by atoms with E-state index < -0.39 is 28.5 Å². The summed E-state index contributed by atoms with van der Waals surface area (Å²) in [5.41, 5.74) is 1.74. The van der Waals surface area contributed by atoms with Crippen molar-refractivity contribution in [3.05, 3.63) is 94.0 Å². The monoisotopic (exact) mass is 589 g/mol. The minimum absolute atomic E-state index is 0.0451. The largest absolute Gasteiger partial charge is 0.352 e. The Morgan fingerprint density at radius 1 is 0.897 bits per heavy atom. The predicted octanol–water partition coefficient (Wildman–Crippen LogP) is 5.83. The number of hydrogen-bond donors (Lipinski definition) is 1. The molecule has 1 N–H and O–H groups in total. The van der Waals surface area contributed by atoms with Crippen LogP contribution in [0.1, 0.15) is 38.3 Å². The van der Waals surface area contributed by atoms with Crippen LogP contribution in [0.15, 0.2) is 77.7 Å². The first-order valence-electron chi connectivity index (χ1n) is 12.6. The van der Waals surface area contributed by atoms with Gasteiger partial charge in [-0.15, -0.1) is 0 Å². The molecule has 2 amide bonds. The van der Waals surface area contributed by atoms with Gasteiger partial charge < -0.3 is 10.2 Å². The number of anilines is 1. The van der Waals surface area contributed by atoms with Crippen molar-refractivity contribution in [1.82, 2.24) is 10.2 Å². The molecule has 0 heterocycles. The van der Waals surface area contributed by atoms with Gasteiger partial charge in [-0.1, -0.05) is 72.1 Å². The van der Waals surface area contributed by atoms with Crippen LogP contribution in [0.25, 0.3) is 0 Å². The fourth-order valence-electron chi connectivity index (χ4n) is 4.11. The summed E-state index contributed by atoms with van der Waals surface area (Å²) < 4.78 is 28.7.